The second-order valence-electron chi connectivity index (χ2n) is 8.62. The molecule has 2 aromatic rings. The first kappa shape index (κ1) is 22.4. The number of hydrogen-bond acceptors (Lipinski definition) is 3. The van der Waals surface area contributed by atoms with Gasteiger partial charge in [-0.15, -0.1) is 6.42 Å². The van der Waals surface area contributed by atoms with Crippen molar-refractivity contribution in [1.82, 2.24) is 14.7 Å². The lowest BCUT2D eigenvalue weighted by molar-refractivity contribution is -0.139. The van der Waals surface area contributed by atoms with E-state index in [1.807, 2.05) is 4.90 Å². The highest BCUT2D eigenvalue weighted by Gasteiger charge is 2.32. The van der Waals surface area contributed by atoms with E-state index in [1.165, 1.54) is 24.3 Å². The van der Waals surface area contributed by atoms with Crippen molar-refractivity contribution in [1.29, 1.82) is 0 Å². The number of carbonyl (C=O) groups excluding carboxylic acids is 1. The summed E-state index contributed by atoms with van der Waals surface area (Å²) >= 11 is 0. The molecule has 0 unspecified atom stereocenters. The summed E-state index contributed by atoms with van der Waals surface area (Å²) in [5.41, 5.74) is 1.91. The number of piperidine rings is 1. The molecule has 2 aliphatic heterocycles. The highest BCUT2D eigenvalue weighted by Crippen LogP contribution is 2.30. The van der Waals surface area contributed by atoms with Crippen LogP contribution in [0.15, 0.2) is 48.5 Å². The van der Waals surface area contributed by atoms with E-state index in [-0.39, 0.29) is 29.5 Å². The van der Waals surface area contributed by atoms with E-state index < -0.39 is 0 Å². The maximum Gasteiger partial charge on any atom is 0.225 e. The van der Waals surface area contributed by atoms with Gasteiger partial charge < -0.3 is 4.90 Å². The van der Waals surface area contributed by atoms with E-state index in [9.17, 15) is 13.6 Å². The molecule has 168 valence electrons. The minimum Gasteiger partial charge on any atom is -0.340 e. The van der Waals surface area contributed by atoms with Gasteiger partial charge in [-0.3, -0.25) is 14.6 Å². The molecular formula is C26H29F2N3O. The third kappa shape index (κ3) is 5.17. The van der Waals surface area contributed by atoms with Gasteiger partial charge in [0.2, 0.25) is 5.91 Å². The Morgan fingerprint density at radius 1 is 0.875 bits per heavy atom. The van der Waals surface area contributed by atoms with E-state index in [1.54, 1.807) is 24.3 Å². The molecule has 4 rings (SSSR count). The third-order valence-electron chi connectivity index (χ3n) is 6.61. The van der Waals surface area contributed by atoms with Gasteiger partial charge in [-0.1, -0.05) is 30.2 Å². The highest BCUT2D eigenvalue weighted by molar-refractivity contribution is 5.79. The van der Waals surface area contributed by atoms with Gasteiger partial charge in [-0.05, 0) is 61.3 Å². The Labute approximate surface area is 188 Å². The number of nitrogens with zero attached hydrogens (tertiary/aromatic N) is 3. The average molecular weight is 438 g/mol. The number of piperazine rings is 1. The van der Waals surface area contributed by atoms with Crippen molar-refractivity contribution in [3.8, 4) is 12.3 Å². The van der Waals surface area contributed by atoms with Crippen LogP contribution in [-0.4, -0.2) is 66.4 Å². The second-order valence-corrected chi connectivity index (χ2v) is 8.62. The van der Waals surface area contributed by atoms with Crippen molar-refractivity contribution in [3.63, 3.8) is 0 Å². The highest BCUT2D eigenvalue weighted by atomic mass is 19.1. The molecule has 1 amide bonds. The summed E-state index contributed by atoms with van der Waals surface area (Å²) in [6.45, 7) is 5.12. The van der Waals surface area contributed by atoms with E-state index in [4.69, 9.17) is 6.42 Å². The van der Waals surface area contributed by atoms with Gasteiger partial charge in [0.15, 0.2) is 0 Å². The number of carbonyl (C=O) groups is 1. The molecule has 6 heteroatoms. The molecule has 2 heterocycles. The van der Waals surface area contributed by atoms with Crippen LogP contribution in [0.3, 0.4) is 0 Å². The number of amides is 1. The van der Waals surface area contributed by atoms with Gasteiger partial charge in [-0.25, -0.2) is 8.78 Å². The quantitative estimate of drug-likeness (QED) is 0.670. The maximum atomic E-state index is 13.5. The van der Waals surface area contributed by atoms with Crippen molar-refractivity contribution in [2.24, 2.45) is 5.92 Å². The molecule has 2 fully saturated rings. The molecule has 0 aliphatic carbocycles. The smallest absolute Gasteiger partial charge is 0.225 e. The van der Waals surface area contributed by atoms with Gasteiger partial charge in [-0.2, -0.15) is 0 Å². The Hall–Kier alpha value is -2.75. The van der Waals surface area contributed by atoms with Crippen LogP contribution < -0.4 is 0 Å². The fourth-order valence-electron chi connectivity index (χ4n) is 4.83. The summed E-state index contributed by atoms with van der Waals surface area (Å²) in [4.78, 5) is 19.6. The van der Waals surface area contributed by atoms with E-state index >= 15 is 0 Å². The van der Waals surface area contributed by atoms with Crippen LogP contribution in [0.25, 0.3) is 0 Å². The molecule has 0 atom stereocenters. The minimum atomic E-state index is -0.282. The first-order valence-electron chi connectivity index (χ1n) is 11.2. The molecule has 0 bridgehead atoms. The molecule has 0 spiro atoms. The van der Waals surface area contributed by atoms with Gasteiger partial charge in [0, 0.05) is 32.1 Å². The monoisotopic (exact) mass is 437 g/mol. The predicted molar refractivity (Wildman–Crippen MR) is 121 cm³/mol. The summed E-state index contributed by atoms with van der Waals surface area (Å²) in [6.07, 6.45) is 7.11. The van der Waals surface area contributed by atoms with Crippen molar-refractivity contribution >= 4 is 5.91 Å². The molecule has 0 aromatic heterocycles. The Balaban J connectivity index is 1.42. The Morgan fingerprint density at radius 3 is 1.84 bits per heavy atom. The first-order valence-corrected chi connectivity index (χ1v) is 11.2. The Kier molecular flexibility index (Phi) is 7.19. The fourth-order valence-corrected chi connectivity index (χ4v) is 4.83. The lowest BCUT2D eigenvalue weighted by atomic mass is 9.94. The molecule has 2 saturated heterocycles. The molecule has 2 aromatic carbocycles. The number of rotatable bonds is 5. The molecule has 0 N–H and O–H groups in total. The van der Waals surface area contributed by atoms with Gasteiger partial charge in [0.25, 0.3) is 0 Å². The van der Waals surface area contributed by atoms with Crippen LogP contribution in [0.1, 0.15) is 30.0 Å². The lowest BCUT2D eigenvalue weighted by Gasteiger charge is -2.41. The van der Waals surface area contributed by atoms with Crippen molar-refractivity contribution in [2.45, 2.75) is 18.9 Å². The van der Waals surface area contributed by atoms with Crippen LogP contribution in [0.5, 0.6) is 0 Å². The van der Waals surface area contributed by atoms with Crippen LogP contribution in [0, 0.1) is 29.9 Å². The largest absolute Gasteiger partial charge is 0.340 e. The number of halogens is 2. The Morgan fingerprint density at radius 2 is 1.38 bits per heavy atom. The maximum absolute atomic E-state index is 13.5. The zero-order chi connectivity index (χ0) is 22.5. The molecule has 0 saturated carbocycles. The second kappa shape index (κ2) is 10.2. The molecule has 4 nitrogen and oxygen atoms in total. The number of likely N-dealkylation sites (tertiary alicyclic amines) is 1. The Bertz CT molecular complexity index is 893. The van der Waals surface area contributed by atoms with Gasteiger partial charge in [0.1, 0.15) is 11.6 Å². The normalized spacial score (nSPS) is 18.6. The fraction of sp³-hybridized carbons (Fsp3) is 0.423. The number of terminal acetylenes is 1. The summed E-state index contributed by atoms with van der Waals surface area (Å²) in [5, 5.41) is 0. The molecule has 2 aliphatic rings. The zero-order valence-corrected chi connectivity index (χ0v) is 18.2. The van der Waals surface area contributed by atoms with E-state index in [0.29, 0.717) is 32.7 Å². The van der Waals surface area contributed by atoms with Gasteiger partial charge in [0.05, 0.1) is 12.6 Å². The summed E-state index contributed by atoms with van der Waals surface area (Å²) < 4.78 is 27.0. The first-order chi connectivity index (χ1) is 15.5. The SMILES string of the molecule is C#CCN1CCC(C(=O)N2CCN(C(c3ccc(F)cc3)c3ccc(F)cc3)CC2)CC1. The van der Waals surface area contributed by atoms with Crippen molar-refractivity contribution in [2.75, 3.05) is 45.8 Å². The molecule has 32 heavy (non-hydrogen) atoms. The third-order valence-corrected chi connectivity index (χ3v) is 6.61. The topological polar surface area (TPSA) is 26.8 Å². The van der Waals surface area contributed by atoms with Crippen molar-refractivity contribution < 1.29 is 13.6 Å². The minimum absolute atomic E-state index is 0.0700. The summed E-state index contributed by atoms with van der Waals surface area (Å²) in [7, 11) is 0. The van der Waals surface area contributed by atoms with Gasteiger partial charge >= 0.3 is 0 Å². The van der Waals surface area contributed by atoms with Crippen LogP contribution in [-0.2, 0) is 4.79 Å². The predicted octanol–water partition coefficient (Wildman–Crippen LogP) is 3.54. The van der Waals surface area contributed by atoms with Crippen LogP contribution >= 0.6 is 0 Å². The lowest BCUT2D eigenvalue weighted by Crippen LogP contribution is -2.52. The molecule has 0 radical (unpaired) electrons. The number of hydrogen-bond donors (Lipinski definition) is 0. The van der Waals surface area contributed by atoms with Crippen LogP contribution in [0.4, 0.5) is 8.78 Å². The standard InChI is InChI=1S/C26H29F2N3O/c1-2-13-29-14-11-22(12-15-29)26(32)31-18-16-30(17-19-31)25(20-3-7-23(27)8-4-20)21-5-9-24(28)10-6-21/h1,3-10,22,25H,11-19H2. The zero-order valence-electron chi connectivity index (χ0n) is 18.2. The number of benzene rings is 2. The van der Waals surface area contributed by atoms with E-state index in [2.05, 4.69) is 15.7 Å². The molecular weight excluding hydrogens is 408 g/mol. The summed E-state index contributed by atoms with van der Waals surface area (Å²) in [5.74, 6) is 2.42. The van der Waals surface area contributed by atoms with Crippen molar-refractivity contribution in [3.05, 3.63) is 71.3 Å². The van der Waals surface area contributed by atoms with E-state index in [0.717, 1.165) is 37.1 Å². The average Bonchev–Trinajstić information content (AvgIpc) is 2.82. The van der Waals surface area contributed by atoms with Crippen LogP contribution in [0.2, 0.25) is 0 Å². The summed E-state index contributed by atoms with van der Waals surface area (Å²) in [6, 6.07) is 12.8.